The van der Waals surface area contributed by atoms with Crippen LogP contribution in [0.15, 0.2) is 12.2 Å². The van der Waals surface area contributed by atoms with E-state index in [4.69, 9.17) is 4.74 Å². The van der Waals surface area contributed by atoms with Gasteiger partial charge < -0.3 is 14.9 Å². The van der Waals surface area contributed by atoms with Crippen molar-refractivity contribution in [1.29, 1.82) is 0 Å². The summed E-state index contributed by atoms with van der Waals surface area (Å²) in [6, 6.07) is 0. The first kappa shape index (κ1) is 32.0. The molecule has 238 valence electrons. The second-order valence-corrected chi connectivity index (χ2v) is 18.0. The van der Waals surface area contributed by atoms with E-state index >= 15 is 0 Å². The van der Waals surface area contributed by atoms with Gasteiger partial charge in [-0.2, -0.15) is 0 Å². The minimum Gasteiger partial charge on any atom is -0.481 e. The van der Waals surface area contributed by atoms with Crippen LogP contribution >= 0.6 is 0 Å². The van der Waals surface area contributed by atoms with Crippen molar-refractivity contribution in [1.82, 2.24) is 0 Å². The third-order valence-corrected chi connectivity index (χ3v) is 15.0. The number of carbonyl (C=O) groups is 2. The molecule has 0 aliphatic heterocycles. The summed E-state index contributed by atoms with van der Waals surface area (Å²) >= 11 is 0. The van der Waals surface area contributed by atoms with Gasteiger partial charge in [0.15, 0.2) is 0 Å². The van der Waals surface area contributed by atoms with Gasteiger partial charge in [-0.05, 0) is 128 Å². The molecular weight excluding hydrogens is 524 g/mol. The number of esters is 1. The average molecular weight is 585 g/mol. The van der Waals surface area contributed by atoms with Crippen molar-refractivity contribution in [3.63, 3.8) is 0 Å². The van der Waals surface area contributed by atoms with E-state index in [2.05, 4.69) is 48.1 Å². The van der Waals surface area contributed by atoms with Crippen LogP contribution in [0.25, 0.3) is 0 Å². The normalized spacial score (nSPS) is 46.0. The Labute approximate surface area is 255 Å². The quantitative estimate of drug-likeness (QED) is 0.232. The number of allylic oxidation sites excluding steroid dienone is 1. The first-order chi connectivity index (χ1) is 19.3. The van der Waals surface area contributed by atoms with Gasteiger partial charge in [-0.15, -0.1) is 0 Å². The van der Waals surface area contributed by atoms with Crippen molar-refractivity contribution in [3.05, 3.63) is 12.2 Å². The third-order valence-electron chi connectivity index (χ3n) is 15.0. The highest BCUT2D eigenvalue weighted by atomic mass is 16.5. The first-order valence-electron chi connectivity index (χ1n) is 17.0. The summed E-state index contributed by atoms with van der Waals surface area (Å²) in [5.74, 6) is 1.62. The highest BCUT2D eigenvalue weighted by Gasteiger charge is 2.71. The second-order valence-electron chi connectivity index (χ2n) is 18.0. The standard InChI is InChI=1S/C37H60O5/c1-23(2)24-12-17-37(22-42-30(41)21-32(3,4)20-29(39)40)19-18-35(8)25(31(24)37)10-11-27-34(7)15-14-28(38)33(5,6)26(34)13-16-36(27,35)9/h24-28,31,38H,1,10-22H2,2-9H3,(H,39,40)/t24?,25?,26?,27?,28-,31?,34-,35+,36+,37+/m0/s1. The van der Waals surface area contributed by atoms with Crippen molar-refractivity contribution < 1.29 is 24.5 Å². The fraction of sp³-hybridized carbons (Fsp3) is 0.892. The van der Waals surface area contributed by atoms with Crippen LogP contribution in [-0.4, -0.2) is 34.9 Å². The molecule has 5 fully saturated rings. The molecule has 5 aliphatic rings. The van der Waals surface area contributed by atoms with Crippen LogP contribution < -0.4 is 0 Å². The molecule has 2 N–H and O–H groups in total. The van der Waals surface area contributed by atoms with Crippen LogP contribution in [0.4, 0.5) is 0 Å². The summed E-state index contributed by atoms with van der Waals surface area (Å²) < 4.78 is 6.11. The van der Waals surface area contributed by atoms with Crippen LogP contribution in [0.5, 0.6) is 0 Å². The molecule has 5 rings (SSSR count). The van der Waals surface area contributed by atoms with E-state index in [1.807, 2.05) is 13.8 Å². The summed E-state index contributed by atoms with van der Waals surface area (Å²) in [5.41, 5.74) is 1.36. The van der Waals surface area contributed by atoms with Gasteiger partial charge in [-0.25, -0.2) is 0 Å². The van der Waals surface area contributed by atoms with E-state index in [0.29, 0.717) is 36.2 Å². The van der Waals surface area contributed by atoms with Gasteiger partial charge in [-0.1, -0.05) is 60.6 Å². The largest absolute Gasteiger partial charge is 0.481 e. The van der Waals surface area contributed by atoms with E-state index in [9.17, 15) is 19.8 Å². The summed E-state index contributed by atoms with van der Waals surface area (Å²) in [7, 11) is 0. The Hall–Kier alpha value is -1.36. The molecule has 0 amide bonds. The maximum absolute atomic E-state index is 13.1. The van der Waals surface area contributed by atoms with Gasteiger partial charge in [0.25, 0.3) is 0 Å². The predicted molar refractivity (Wildman–Crippen MR) is 167 cm³/mol. The van der Waals surface area contributed by atoms with E-state index in [0.717, 1.165) is 32.1 Å². The maximum Gasteiger partial charge on any atom is 0.306 e. The molecule has 5 saturated carbocycles. The van der Waals surface area contributed by atoms with Crippen molar-refractivity contribution in [3.8, 4) is 0 Å². The Morgan fingerprint density at radius 1 is 0.857 bits per heavy atom. The molecule has 0 spiro atoms. The van der Waals surface area contributed by atoms with Crippen LogP contribution in [0, 0.1) is 62.1 Å². The Morgan fingerprint density at radius 2 is 1.55 bits per heavy atom. The molecule has 0 aromatic carbocycles. The van der Waals surface area contributed by atoms with Crippen molar-refractivity contribution in [2.24, 2.45) is 62.1 Å². The molecule has 0 aromatic heterocycles. The van der Waals surface area contributed by atoms with Crippen LogP contribution in [0.1, 0.15) is 132 Å². The van der Waals surface area contributed by atoms with Gasteiger partial charge in [0.2, 0.25) is 0 Å². The van der Waals surface area contributed by atoms with Gasteiger partial charge in [-0.3, -0.25) is 9.59 Å². The van der Waals surface area contributed by atoms with Crippen molar-refractivity contribution >= 4 is 11.9 Å². The van der Waals surface area contributed by atoms with E-state index in [1.54, 1.807) is 0 Å². The van der Waals surface area contributed by atoms with Gasteiger partial charge >= 0.3 is 11.9 Å². The molecule has 10 atom stereocenters. The summed E-state index contributed by atoms with van der Waals surface area (Å²) in [6.45, 7) is 23.3. The SMILES string of the molecule is C=C(C)C1CC[C@]2(COC(=O)CC(C)(C)CC(=O)O)CC[C@]3(C)C(CCC4[C@@]5(C)CC[C@H](O)C(C)(C)C5CC[C@]43C)C12. The Morgan fingerprint density at radius 3 is 2.19 bits per heavy atom. The molecule has 0 saturated heterocycles. The number of aliphatic carboxylic acids is 1. The lowest BCUT2D eigenvalue weighted by Crippen LogP contribution is -2.66. The average Bonchev–Trinajstić information content (AvgIpc) is 3.25. The Balaban J connectivity index is 1.42. The zero-order valence-electron chi connectivity index (χ0n) is 28.0. The highest BCUT2D eigenvalue weighted by molar-refractivity contribution is 5.73. The van der Waals surface area contributed by atoms with E-state index in [-0.39, 0.29) is 52.0 Å². The Bertz CT molecular complexity index is 1110. The molecule has 0 aromatic rings. The lowest BCUT2D eigenvalue weighted by Gasteiger charge is -2.73. The molecule has 5 heteroatoms. The molecule has 0 bridgehead atoms. The number of hydrogen-bond acceptors (Lipinski definition) is 4. The number of rotatable bonds is 7. The van der Waals surface area contributed by atoms with Crippen molar-refractivity contribution in [2.75, 3.05) is 6.61 Å². The lowest BCUT2D eigenvalue weighted by atomic mass is 9.32. The minimum atomic E-state index is -0.877. The number of carboxylic acid groups (broad SMARTS) is 1. The number of aliphatic hydroxyl groups is 1. The van der Waals surface area contributed by atoms with Crippen LogP contribution in [0.2, 0.25) is 0 Å². The number of carbonyl (C=O) groups excluding carboxylic acids is 1. The molecule has 42 heavy (non-hydrogen) atoms. The number of aliphatic hydroxyl groups excluding tert-OH is 1. The lowest BCUT2D eigenvalue weighted by molar-refractivity contribution is -0.250. The fourth-order valence-corrected chi connectivity index (χ4v) is 12.7. The smallest absolute Gasteiger partial charge is 0.306 e. The molecule has 5 nitrogen and oxygen atoms in total. The van der Waals surface area contributed by atoms with Gasteiger partial charge in [0, 0.05) is 5.41 Å². The number of hydrogen-bond donors (Lipinski definition) is 2. The predicted octanol–water partition coefficient (Wildman–Crippen LogP) is 8.44. The maximum atomic E-state index is 13.1. The first-order valence-corrected chi connectivity index (χ1v) is 17.0. The third kappa shape index (κ3) is 4.72. The monoisotopic (exact) mass is 584 g/mol. The highest BCUT2D eigenvalue weighted by Crippen LogP contribution is 2.77. The molecule has 5 unspecified atom stereocenters. The molecule has 5 aliphatic carbocycles. The number of fused-ring (bicyclic) bond motifs is 7. The summed E-state index contributed by atoms with van der Waals surface area (Å²) in [4.78, 5) is 24.4. The van der Waals surface area contributed by atoms with E-state index in [1.165, 1.54) is 37.7 Å². The number of ether oxygens (including phenoxy) is 1. The van der Waals surface area contributed by atoms with Gasteiger partial charge in [0.1, 0.15) is 0 Å². The van der Waals surface area contributed by atoms with Gasteiger partial charge in [0.05, 0.1) is 25.6 Å². The topological polar surface area (TPSA) is 83.8 Å². The summed E-state index contributed by atoms with van der Waals surface area (Å²) in [6.07, 6.45) is 11.4. The second kappa shape index (κ2) is 10.3. The van der Waals surface area contributed by atoms with E-state index < -0.39 is 11.4 Å². The molecule has 0 radical (unpaired) electrons. The summed E-state index contributed by atoms with van der Waals surface area (Å²) in [5, 5.41) is 20.3. The number of carboxylic acids is 1. The van der Waals surface area contributed by atoms with Crippen LogP contribution in [0.3, 0.4) is 0 Å². The minimum absolute atomic E-state index is 0.0123. The zero-order chi connectivity index (χ0) is 31.1. The molecule has 0 heterocycles. The molecular formula is C37H60O5. The van der Waals surface area contributed by atoms with Crippen LogP contribution in [-0.2, 0) is 14.3 Å². The van der Waals surface area contributed by atoms with Crippen molar-refractivity contribution in [2.45, 2.75) is 139 Å². The fourth-order valence-electron chi connectivity index (χ4n) is 12.7. The Kier molecular flexibility index (Phi) is 7.89. The zero-order valence-corrected chi connectivity index (χ0v) is 28.0.